The van der Waals surface area contributed by atoms with Crippen LogP contribution in [0.4, 0.5) is 0 Å². The Bertz CT molecular complexity index is 505. The summed E-state index contributed by atoms with van der Waals surface area (Å²) in [4.78, 5) is 0. The van der Waals surface area contributed by atoms with Crippen molar-refractivity contribution in [2.45, 2.75) is 83.2 Å². The van der Waals surface area contributed by atoms with Crippen molar-refractivity contribution in [2.24, 2.45) is 40.9 Å². The molecule has 0 aromatic heterocycles. The molecule has 1 aliphatic heterocycles. The van der Waals surface area contributed by atoms with E-state index in [9.17, 15) is 10.2 Å². The second-order valence-electron chi connectivity index (χ2n) is 9.80. The van der Waals surface area contributed by atoms with Gasteiger partial charge in [-0.25, -0.2) is 0 Å². The Labute approximate surface area is 139 Å². The van der Waals surface area contributed by atoms with Crippen molar-refractivity contribution in [1.82, 2.24) is 0 Å². The third kappa shape index (κ3) is 1.99. The van der Waals surface area contributed by atoms with Gasteiger partial charge in [0.05, 0.1) is 6.10 Å². The third-order valence-electron chi connectivity index (χ3n) is 9.01. The van der Waals surface area contributed by atoms with Gasteiger partial charge in [-0.2, -0.15) is 0 Å². The number of aliphatic hydroxyl groups is 2. The van der Waals surface area contributed by atoms with Crippen LogP contribution < -0.4 is 0 Å². The molecule has 0 aromatic rings. The van der Waals surface area contributed by atoms with E-state index in [1.54, 1.807) is 0 Å². The van der Waals surface area contributed by atoms with Crippen LogP contribution in [0.5, 0.6) is 0 Å². The van der Waals surface area contributed by atoms with Gasteiger partial charge in [-0.15, -0.1) is 0 Å². The van der Waals surface area contributed by atoms with Gasteiger partial charge in [0.25, 0.3) is 0 Å². The number of epoxide rings is 1. The zero-order chi connectivity index (χ0) is 16.0. The van der Waals surface area contributed by atoms with Gasteiger partial charge in [-0.1, -0.05) is 6.92 Å². The molecule has 0 amide bonds. The average molecular weight is 320 g/mol. The monoisotopic (exact) mass is 320 g/mol. The van der Waals surface area contributed by atoms with Gasteiger partial charge in [-0.3, -0.25) is 0 Å². The lowest BCUT2D eigenvalue weighted by Gasteiger charge is -2.55. The van der Waals surface area contributed by atoms with Crippen LogP contribution in [0, 0.1) is 40.9 Å². The SMILES string of the molecule is C[C@H](O)[C@H]1CC[C@H]2[C@@H]3CCC4C[C@]5(O)OC5C[C@H]4[C@H]3CC[C@]12C. The molecule has 3 heteroatoms. The summed E-state index contributed by atoms with van der Waals surface area (Å²) in [6, 6.07) is 0. The fourth-order valence-electron chi connectivity index (χ4n) is 7.93. The molecular weight excluding hydrogens is 288 g/mol. The number of fused-ring (bicyclic) bond motifs is 6. The van der Waals surface area contributed by atoms with Crippen LogP contribution >= 0.6 is 0 Å². The second kappa shape index (κ2) is 4.74. The molecule has 0 aromatic carbocycles. The summed E-state index contributed by atoms with van der Waals surface area (Å²) < 4.78 is 5.61. The highest BCUT2D eigenvalue weighted by Gasteiger charge is 2.65. The summed E-state index contributed by atoms with van der Waals surface area (Å²) in [6.45, 7) is 4.49. The Morgan fingerprint density at radius 3 is 2.65 bits per heavy atom. The summed E-state index contributed by atoms with van der Waals surface area (Å²) in [7, 11) is 0. The van der Waals surface area contributed by atoms with Crippen LogP contribution in [0.2, 0.25) is 0 Å². The summed E-state index contributed by atoms with van der Waals surface area (Å²) in [5.74, 6) is 3.80. The molecule has 2 N–H and O–H groups in total. The molecule has 10 atom stereocenters. The molecule has 1 saturated heterocycles. The van der Waals surface area contributed by atoms with E-state index >= 15 is 0 Å². The molecule has 3 nitrogen and oxygen atoms in total. The molecule has 4 saturated carbocycles. The van der Waals surface area contributed by atoms with Crippen molar-refractivity contribution in [3.05, 3.63) is 0 Å². The Morgan fingerprint density at radius 1 is 1.04 bits per heavy atom. The van der Waals surface area contributed by atoms with E-state index in [1.807, 2.05) is 6.92 Å². The smallest absolute Gasteiger partial charge is 0.193 e. The molecule has 4 aliphatic carbocycles. The number of aliphatic hydroxyl groups excluding tert-OH is 1. The standard InChI is InChI=1S/C20H32O3/c1-11(21)16-5-6-17-14-4-3-12-10-20(22)18(23-20)9-15(12)13(14)7-8-19(16,17)2/h11-18,21-22H,3-10H2,1-2H3/t11-,12?,13-,14+,15+,16+,17-,18?,19+,20-/m0/s1. The van der Waals surface area contributed by atoms with Crippen molar-refractivity contribution >= 4 is 0 Å². The fourth-order valence-corrected chi connectivity index (χ4v) is 7.93. The molecule has 5 aliphatic rings. The predicted molar refractivity (Wildman–Crippen MR) is 87.5 cm³/mol. The zero-order valence-corrected chi connectivity index (χ0v) is 14.6. The Balaban J connectivity index is 1.39. The van der Waals surface area contributed by atoms with Gasteiger partial charge >= 0.3 is 0 Å². The average Bonchev–Trinajstić information content (AvgIpc) is 3.01. The van der Waals surface area contributed by atoms with Gasteiger partial charge in [0, 0.05) is 6.42 Å². The van der Waals surface area contributed by atoms with Crippen molar-refractivity contribution in [1.29, 1.82) is 0 Å². The van der Waals surface area contributed by atoms with E-state index in [2.05, 4.69) is 6.92 Å². The predicted octanol–water partition coefficient (Wildman–Crippen LogP) is 3.33. The Hall–Kier alpha value is -0.120. The minimum Gasteiger partial charge on any atom is -0.393 e. The molecule has 5 fully saturated rings. The van der Waals surface area contributed by atoms with Crippen LogP contribution in [0.25, 0.3) is 0 Å². The quantitative estimate of drug-likeness (QED) is 0.729. The normalized spacial score (nSPS) is 61.8. The summed E-state index contributed by atoms with van der Waals surface area (Å²) >= 11 is 0. The first-order chi connectivity index (χ1) is 10.9. The highest BCUT2D eigenvalue weighted by molar-refractivity contribution is 5.10. The minimum absolute atomic E-state index is 0.143. The molecule has 23 heavy (non-hydrogen) atoms. The van der Waals surface area contributed by atoms with E-state index in [4.69, 9.17) is 4.74 Å². The van der Waals surface area contributed by atoms with Crippen LogP contribution in [0.1, 0.15) is 65.2 Å². The highest BCUT2D eigenvalue weighted by atomic mass is 16.7. The van der Waals surface area contributed by atoms with Crippen LogP contribution in [-0.2, 0) is 4.74 Å². The zero-order valence-electron chi connectivity index (χ0n) is 14.6. The number of rotatable bonds is 1. The molecule has 0 bridgehead atoms. The van der Waals surface area contributed by atoms with Gasteiger partial charge < -0.3 is 14.9 Å². The lowest BCUT2D eigenvalue weighted by atomic mass is 9.49. The van der Waals surface area contributed by atoms with Crippen LogP contribution in [-0.4, -0.2) is 28.2 Å². The Kier molecular flexibility index (Phi) is 3.12. The van der Waals surface area contributed by atoms with Crippen molar-refractivity contribution in [3.8, 4) is 0 Å². The molecular formula is C20H32O3. The van der Waals surface area contributed by atoms with E-state index in [-0.39, 0.29) is 12.2 Å². The first-order valence-corrected chi connectivity index (χ1v) is 10.0. The Morgan fingerprint density at radius 2 is 1.87 bits per heavy atom. The molecule has 130 valence electrons. The van der Waals surface area contributed by atoms with E-state index < -0.39 is 5.79 Å². The molecule has 0 radical (unpaired) electrons. The second-order valence-corrected chi connectivity index (χ2v) is 9.80. The number of ether oxygens (including phenoxy) is 1. The topological polar surface area (TPSA) is 53.0 Å². The van der Waals surface area contributed by atoms with E-state index in [0.717, 1.165) is 36.5 Å². The maximum Gasteiger partial charge on any atom is 0.193 e. The number of hydrogen-bond donors (Lipinski definition) is 2. The van der Waals surface area contributed by atoms with E-state index in [1.165, 1.54) is 38.5 Å². The largest absolute Gasteiger partial charge is 0.393 e. The van der Waals surface area contributed by atoms with E-state index in [0.29, 0.717) is 17.3 Å². The van der Waals surface area contributed by atoms with Gasteiger partial charge in [0.1, 0.15) is 6.10 Å². The third-order valence-corrected chi connectivity index (χ3v) is 9.01. The lowest BCUT2D eigenvalue weighted by molar-refractivity contribution is -0.0904. The summed E-state index contributed by atoms with van der Waals surface area (Å²) in [6.07, 6.45) is 9.81. The lowest BCUT2D eigenvalue weighted by Crippen LogP contribution is -2.50. The molecule has 1 heterocycles. The first-order valence-electron chi connectivity index (χ1n) is 10.0. The fraction of sp³-hybridized carbons (Fsp3) is 1.00. The van der Waals surface area contributed by atoms with Crippen LogP contribution in [0.3, 0.4) is 0 Å². The molecule has 5 rings (SSSR count). The summed E-state index contributed by atoms with van der Waals surface area (Å²) in [5.41, 5.74) is 0.369. The minimum atomic E-state index is -0.734. The van der Waals surface area contributed by atoms with Crippen molar-refractivity contribution in [3.63, 3.8) is 0 Å². The first kappa shape index (κ1) is 15.2. The van der Waals surface area contributed by atoms with Crippen molar-refractivity contribution in [2.75, 3.05) is 0 Å². The van der Waals surface area contributed by atoms with Crippen LogP contribution in [0.15, 0.2) is 0 Å². The van der Waals surface area contributed by atoms with Gasteiger partial charge in [-0.05, 0) is 92.8 Å². The number of hydrogen-bond acceptors (Lipinski definition) is 3. The van der Waals surface area contributed by atoms with Gasteiger partial charge in [0.15, 0.2) is 5.79 Å². The molecule has 0 spiro atoms. The summed E-state index contributed by atoms with van der Waals surface area (Å²) in [5, 5.41) is 20.6. The maximum absolute atomic E-state index is 10.3. The van der Waals surface area contributed by atoms with Gasteiger partial charge in [0.2, 0.25) is 0 Å². The maximum atomic E-state index is 10.3. The van der Waals surface area contributed by atoms with Crippen molar-refractivity contribution < 1.29 is 14.9 Å². The highest BCUT2D eigenvalue weighted by Crippen LogP contribution is 2.66. The molecule has 2 unspecified atom stereocenters.